The van der Waals surface area contributed by atoms with Crippen molar-refractivity contribution in [3.63, 3.8) is 0 Å². The summed E-state index contributed by atoms with van der Waals surface area (Å²) >= 11 is 0. The highest BCUT2D eigenvalue weighted by Gasteiger charge is 2.39. The third-order valence-electron chi connectivity index (χ3n) is 4.36. The lowest BCUT2D eigenvalue weighted by Gasteiger charge is -2.16. The minimum Gasteiger partial charge on any atom is -0.337 e. The Bertz CT molecular complexity index is 555. The van der Waals surface area contributed by atoms with Crippen LogP contribution in [0, 0.1) is 11.8 Å². The Morgan fingerprint density at radius 2 is 1.95 bits per heavy atom. The molecule has 3 atom stereocenters. The first-order valence-corrected chi connectivity index (χ1v) is 7.50. The van der Waals surface area contributed by atoms with Crippen LogP contribution in [0.5, 0.6) is 0 Å². The van der Waals surface area contributed by atoms with E-state index < -0.39 is 0 Å². The van der Waals surface area contributed by atoms with E-state index in [1.807, 2.05) is 0 Å². The van der Waals surface area contributed by atoms with Crippen LogP contribution in [0.15, 0.2) is 24.3 Å². The molecule has 5 heteroatoms. The van der Waals surface area contributed by atoms with Gasteiger partial charge in [-0.1, -0.05) is 6.92 Å². The summed E-state index contributed by atoms with van der Waals surface area (Å²) < 4.78 is 0. The van der Waals surface area contributed by atoms with Crippen LogP contribution in [-0.4, -0.2) is 35.8 Å². The highest BCUT2D eigenvalue weighted by atomic mass is 16.2. The number of rotatable bonds is 3. The smallest absolute Gasteiger partial charge is 0.253 e. The van der Waals surface area contributed by atoms with Crippen molar-refractivity contribution in [3.8, 4) is 0 Å². The summed E-state index contributed by atoms with van der Waals surface area (Å²) in [7, 11) is 0. The summed E-state index contributed by atoms with van der Waals surface area (Å²) in [5.74, 6) is 0.728. The molecule has 1 aromatic carbocycles. The fourth-order valence-corrected chi connectivity index (χ4v) is 2.77. The lowest BCUT2D eigenvalue weighted by Crippen LogP contribution is -2.31. The maximum Gasteiger partial charge on any atom is 0.253 e. The van der Waals surface area contributed by atoms with Crippen LogP contribution in [0.1, 0.15) is 30.1 Å². The summed E-state index contributed by atoms with van der Waals surface area (Å²) in [6.07, 6.45) is 1.83. The van der Waals surface area contributed by atoms with Crippen molar-refractivity contribution in [2.24, 2.45) is 17.6 Å². The number of carbonyl (C=O) groups is 2. The Hall–Kier alpha value is -1.88. The normalized spacial score (nSPS) is 27.5. The van der Waals surface area contributed by atoms with Crippen molar-refractivity contribution in [1.29, 1.82) is 0 Å². The number of nitrogens with zero attached hydrogens (tertiary/aromatic N) is 1. The lowest BCUT2D eigenvalue weighted by molar-refractivity contribution is -0.117. The van der Waals surface area contributed by atoms with Gasteiger partial charge in [0.1, 0.15) is 0 Å². The van der Waals surface area contributed by atoms with E-state index >= 15 is 0 Å². The zero-order valence-electron chi connectivity index (χ0n) is 12.2. The third-order valence-corrected chi connectivity index (χ3v) is 4.36. The second-order valence-electron chi connectivity index (χ2n) is 6.19. The summed E-state index contributed by atoms with van der Waals surface area (Å²) in [5.41, 5.74) is 7.21. The topological polar surface area (TPSA) is 75.4 Å². The van der Waals surface area contributed by atoms with Crippen molar-refractivity contribution in [1.82, 2.24) is 4.90 Å². The molecule has 0 spiro atoms. The first kappa shape index (κ1) is 14.1. The van der Waals surface area contributed by atoms with Gasteiger partial charge in [-0.05, 0) is 43.0 Å². The van der Waals surface area contributed by atoms with Crippen LogP contribution in [0.2, 0.25) is 0 Å². The molecule has 1 aliphatic heterocycles. The van der Waals surface area contributed by atoms with E-state index in [0.29, 0.717) is 18.0 Å². The second kappa shape index (κ2) is 5.48. The molecule has 2 amide bonds. The molecular formula is C16H21N3O2. The molecule has 2 unspecified atom stereocenters. The van der Waals surface area contributed by atoms with Crippen molar-refractivity contribution >= 4 is 17.5 Å². The van der Waals surface area contributed by atoms with Crippen molar-refractivity contribution < 1.29 is 9.59 Å². The van der Waals surface area contributed by atoms with Gasteiger partial charge in [-0.2, -0.15) is 0 Å². The van der Waals surface area contributed by atoms with E-state index in [9.17, 15) is 9.59 Å². The quantitative estimate of drug-likeness (QED) is 0.883. The predicted octanol–water partition coefficient (Wildman–Crippen LogP) is 1.45. The minimum absolute atomic E-state index is 0.0108. The number of anilines is 1. The second-order valence-corrected chi connectivity index (χ2v) is 6.19. The molecule has 1 saturated carbocycles. The van der Waals surface area contributed by atoms with Crippen LogP contribution in [0.25, 0.3) is 0 Å². The molecule has 3 rings (SSSR count). The van der Waals surface area contributed by atoms with E-state index in [2.05, 4.69) is 12.2 Å². The number of amides is 2. The van der Waals surface area contributed by atoms with Gasteiger partial charge in [0, 0.05) is 36.3 Å². The molecule has 1 heterocycles. The first-order valence-electron chi connectivity index (χ1n) is 7.50. The molecule has 21 heavy (non-hydrogen) atoms. The van der Waals surface area contributed by atoms with Gasteiger partial charge < -0.3 is 16.0 Å². The van der Waals surface area contributed by atoms with Crippen LogP contribution in [-0.2, 0) is 4.79 Å². The standard InChI is InChI=1S/C16H21N3O2/c1-10-8-14(10)15(20)18-13-4-2-11(3-5-13)16(21)19-7-6-12(17)9-19/h2-5,10,12,14H,6-9,17H2,1H3,(H,18,20)/t10?,12-,14?/m1/s1. The number of carbonyl (C=O) groups excluding carboxylic acids is 2. The molecule has 1 saturated heterocycles. The maximum absolute atomic E-state index is 12.3. The number of benzene rings is 1. The fourth-order valence-electron chi connectivity index (χ4n) is 2.77. The van der Waals surface area contributed by atoms with E-state index in [-0.39, 0.29) is 23.8 Å². The lowest BCUT2D eigenvalue weighted by atomic mass is 10.1. The van der Waals surface area contributed by atoms with Crippen LogP contribution >= 0.6 is 0 Å². The largest absolute Gasteiger partial charge is 0.337 e. The summed E-state index contributed by atoms with van der Waals surface area (Å²) in [6.45, 7) is 3.42. The Balaban J connectivity index is 1.61. The predicted molar refractivity (Wildman–Crippen MR) is 80.8 cm³/mol. The molecule has 0 radical (unpaired) electrons. The molecule has 2 aliphatic rings. The molecule has 3 N–H and O–H groups in total. The summed E-state index contributed by atoms with van der Waals surface area (Å²) in [5, 5.41) is 2.89. The van der Waals surface area contributed by atoms with Crippen LogP contribution in [0.3, 0.4) is 0 Å². The number of hydrogen-bond donors (Lipinski definition) is 2. The van der Waals surface area contributed by atoms with Crippen LogP contribution in [0.4, 0.5) is 5.69 Å². The molecule has 112 valence electrons. The first-order chi connectivity index (χ1) is 10.0. The van der Waals surface area contributed by atoms with Gasteiger partial charge in [0.05, 0.1) is 0 Å². The van der Waals surface area contributed by atoms with Gasteiger partial charge in [0.2, 0.25) is 5.91 Å². The number of nitrogens with two attached hydrogens (primary N) is 1. The molecule has 1 aromatic rings. The molecule has 1 aliphatic carbocycles. The van der Waals surface area contributed by atoms with E-state index in [4.69, 9.17) is 5.73 Å². The van der Waals surface area contributed by atoms with Crippen molar-refractivity contribution in [2.75, 3.05) is 18.4 Å². The van der Waals surface area contributed by atoms with Gasteiger partial charge in [0.25, 0.3) is 5.91 Å². The third kappa shape index (κ3) is 3.08. The minimum atomic E-state index is 0.0108. The highest BCUT2D eigenvalue weighted by molar-refractivity contribution is 5.97. The van der Waals surface area contributed by atoms with E-state index in [1.54, 1.807) is 29.2 Å². The number of nitrogens with one attached hydrogen (secondary N) is 1. The summed E-state index contributed by atoms with van der Waals surface area (Å²) in [4.78, 5) is 25.9. The Labute approximate surface area is 124 Å². The molecule has 2 fully saturated rings. The average Bonchev–Trinajstić information content (AvgIpc) is 3.05. The monoisotopic (exact) mass is 287 g/mol. The van der Waals surface area contributed by atoms with E-state index in [0.717, 1.165) is 25.1 Å². The van der Waals surface area contributed by atoms with Gasteiger partial charge in [-0.15, -0.1) is 0 Å². The number of hydrogen-bond acceptors (Lipinski definition) is 3. The molecule has 0 aromatic heterocycles. The molecule has 5 nitrogen and oxygen atoms in total. The zero-order chi connectivity index (χ0) is 15.0. The maximum atomic E-state index is 12.3. The van der Waals surface area contributed by atoms with E-state index in [1.165, 1.54) is 0 Å². The Morgan fingerprint density at radius 3 is 2.48 bits per heavy atom. The Kier molecular flexibility index (Phi) is 3.68. The van der Waals surface area contributed by atoms with Gasteiger partial charge in [-0.3, -0.25) is 9.59 Å². The Morgan fingerprint density at radius 1 is 1.29 bits per heavy atom. The van der Waals surface area contributed by atoms with Gasteiger partial charge in [-0.25, -0.2) is 0 Å². The highest BCUT2D eigenvalue weighted by Crippen LogP contribution is 2.38. The molecular weight excluding hydrogens is 266 g/mol. The SMILES string of the molecule is CC1CC1C(=O)Nc1ccc(C(=O)N2CC[C@@H](N)C2)cc1. The fraction of sp³-hybridized carbons (Fsp3) is 0.500. The number of likely N-dealkylation sites (tertiary alicyclic amines) is 1. The van der Waals surface area contributed by atoms with Crippen LogP contribution < -0.4 is 11.1 Å². The zero-order valence-corrected chi connectivity index (χ0v) is 12.2. The van der Waals surface area contributed by atoms with Crippen molar-refractivity contribution in [2.45, 2.75) is 25.8 Å². The van der Waals surface area contributed by atoms with Gasteiger partial charge in [0.15, 0.2) is 0 Å². The molecule has 0 bridgehead atoms. The van der Waals surface area contributed by atoms with Gasteiger partial charge >= 0.3 is 0 Å². The summed E-state index contributed by atoms with van der Waals surface area (Å²) in [6, 6.07) is 7.19. The average molecular weight is 287 g/mol. The van der Waals surface area contributed by atoms with Crippen molar-refractivity contribution in [3.05, 3.63) is 29.8 Å².